The molecule has 0 aromatic heterocycles. The third kappa shape index (κ3) is 3.31. The minimum atomic E-state index is -0.179. The van der Waals surface area contributed by atoms with Gasteiger partial charge in [-0.25, -0.2) is 0 Å². The van der Waals surface area contributed by atoms with Gasteiger partial charge in [-0.2, -0.15) is 0 Å². The average Bonchev–Trinajstić information content (AvgIpc) is 2.39. The van der Waals surface area contributed by atoms with Gasteiger partial charge in [-0.05, 0) is 24.1 Å². The number of hydrogen-bond donors (Lipinski definition) is 1. The van der Waals surface area contributed by atoms with Crippen LogP contribution in [0.3, 0.4) is 0 Å². The Morgan fingerprint density at radius 3 is 3.06 bits per heavy atom. The standard InChI is InChI=1S/C14H19NO3/c1-17-8-9-18-14(16)10-13-12-5-3-2-4-11(12)6-7-15-13/h2-5,13,15H,6-10H2,1H3/t13-/m0/s1. The second-order valence-electron chi connectivity index (χ2n) is 4.37. The number of esters is 1. The Balaban J connectivity index is 1.92. The summed E-state index contributed by atoms with van der Waals surface area (Å²) >= 11 is 0. The Bertz CT molecular complexity index is 406. The van der Waals surface area contributed by atoms with Crippen LogP contribution in [-0.2, 0) is 20.7 Å². The number of fused-ring (bicyclic) bond motifs is 1. The summed E-state index contributed by atoms with van der Waals surface area (Å²) in [6.45, 7) is 1.68. The highest BCUT2D eigenvalue weighted by Gasteiger charge is 2.22. The maximum Gasteiger partial charge on any atom is 0.307 e. The van der Waals surface area contributed by atoms with E-state index in [4.69, 9.17) is 9.47 Å². The van der Waals surface area contributed by atoms with Crippen LogP contribution in [0.4, 0.5) is 0 Å². The fourth-order valence-corrected chi connectivity index (χ4v) is 2.24. The molecule has 0 fully saturated rings. The van der Waals surface area contributed by atoms with Gasteiger partial charge in [0.2, 0.25) is 0 Å². The Hall–Kier alpha value is -1.39. The van der Waals surface area contributed by atoms with Gasteiger partial charge in [-0.1, -0.05) is 24.3 Å². The first-order chi connectivity index (χ1) is 8.81. The van der Waals surface area contributed by atoms with Gasteiger partial charge >= 0.3 is 5.97 Å². The zero-order chi connectivity index (χ0) is 12.8. The summed E-state index contributed by atoms with van der Waals surface area (Å²) in [5.41, 5.74) is 2.54. The molecule has 1 atom stereocenters. The summed E-state index contributed by atoms with van der Waals surface area (Å²) in [6.07, 6.45) is 1.39. The molecule has 0 unspecified atom stereocenters. The molecule has 4 heteroatoms. The topological polar surface area (TPSA) is 47.6 Å². The Kier molecular flexibility index (Phi) is 4.73. The lowest BCUT2D eigenvalue weighted by atomic mass is 9.93. The first kappa shape index (κ1) is 13.1. The van der Waals surface area contributed by atoms with Crippen molar-refractivity contribution in [3.8, 4) is 0 Å². The largest absolute Gasteiger partial charge is 0.463 e. The van der Waals surface area contributed by atoms with Crippen molar-refractivity contribution in [2.45, 2.75) is 18.9 Å². The molecule has 98 valence electrons. The van der Waals surface area contributed by atoms with Gasteiger partial charge in [-0.3, -0.25) is 4.79 Å². The van der Waals surface area contributed by atoms with Crippen molar-refractivity contribution in [2.75, 3.05) is 26.9 Å². The molecule has 0 bridgehead atoms. The zero-order valence-electron chi connectivity index (χ0n) is 10.6. The molecule has 0 radical (unpaired) electrons. The predicted molar refractivity (Wildman–Crippen MR) is 68.3 cm³/mol. The van der Waals surface area contributed by atoms with Crippen LogP contribution in [-0.4, -0.2) is 32.8 Å². The number of carbonyl (C=O) groups excluding carboxylic acids is 1. The molecule has 1 aliphatic rings. The third-order valence-corrected chi connectivity index (χ3v) is 3.14. The SMILES string of the molecule is COCCOC(=O)C[C@@H]1NCCc2ccccc21. The fourth-order valence-electron chi connectivity index (χ4n) is 2.24. The average molecular weight is 249 g/mol. The van der Waals surface area contributed by atoms with E-state index in [1.807, 2.05) is 12.1 Å². The molecule has 0 saturated carbocycles. The number of nitrogens with one attached hydrogen (secondary N) is 1. The molecular formula is C14H19NO3. The lowest BCUT2D eigenvalue weighted by molar-refractivity contribution is -0.145. The minimum Gasteiger partial charge on any atom is -0.463 e. The zero-order valence-corrected chi connectivity index (χ0v) is 10.6. The number of benzene rings is 1. The molecule has 2 rings (SSSR count). The minimum absolute atomic E-state index is 0.0741. The van der Waals surface area contributed by atoms with E-state index in [2.05, 4.69) is 17.4 Å². The Morgan fingerprint density at radius 2 is 2.22 bits per heavy atom. The molecule has 1 heterocycles. The fraction of sp³-hybridized carbons (Fsp3) is 0.500. The van der Waals surface area contributed by atoms with Gasteiger partial charge in [0.1, 0.15) is 6.61 Å². The summed E-state index contributed by atoms with van der Waals surface area (Å²) in [6, 6.07) is 8.33. The van der Waals surface area contributed by atoms with Crippen molar-refractivity contribution >= 4 is 5.97 Å². The highest BCUT2D eigenvalue weighted by molar-refractivity contribution is 5.70. The van der Waals surface area contributed by atoms with Crippen LogP contribution in [0.1, 0.15) is 23.6 Å². The van der Waals surface area contributed by atoms with E-state index in [9.17, 15) is 4.79 Å². The van der Waals surface area contributed by atoms with Crippen LogP contribution < -0.4 is 5.32 Å². The van der Waals surface area contributed by atoms with Crippen molar-refractivity contribution in [1.29, 1.82) is 0 Å². The molecule has 0 saturated heterocycles. The van der Waals surface area contributed by atoms with Crippen LogP contribution in [0, 0.1) is 0 Å². The van der Waals surface area contributed by atoms with Crippen LogP contribution in [0.25, 0.3) is 0 Å². The van der Waals surface area contributed by atoms with Crippen molar-refractivity contribution in [3.63, 3.8) is 0 Å². The van der Waals surface area contributed by atoms with Crippen molar-refractivity contribution in [1.82, 2.24) is 5.32 Å². The second kappa shape index (κ2) is 6.52. The summed E-state index contributed by atoms with van der Waals surface area (Å²) in [4.78, 5) is 11.7. The van der Waals surface area contributed by atoms with Crippen LogP contribution in [0.2, 0.25) is 0 Å². The number of hydrogen-bond acceptors (Lipinski definition) is 4. The van der Waals surface area contributed by atoms with Crippen molar-refractivity contribution in [3.05, 3.63) is 35.4 Å². The van der Waals surface area contributed by atoms with E-state index in [-0.39, 0.29) is 12.0 Å². The lowest BCUT2D eigenvalue weighted by Crippen LogP contribution is -2.31. The van der Waals surface area contributed by atoms with E-state index in [0.717, 1.165) is 13.0 Å². The maximum absolute atomic E-state index is 11.7. The van der Waals surface area contributed by atoms with E-state index in [0.29, 0.717) is 19.6 Å². The van der Waals surface area contributed by atoms with Gasteiger partial charge < -0.3 is 14.8 Å². The normalized spacial score (nSPS) is 18.2. The van der Waals surface area contributed by atoms with Gasteiger partial charge in [-0.15, -0.1) is 0 Å². The molecular weight excluding hydrogens is 230 g/mol. The lowest BCUT2D eigenvalue weighted by Gasteiger charge is -2.26. The van der Waals surface area contributed by atoms with Gasteiger partial charge in [0.05, 0.1) is 13.0 Å². The number of rotatable bonds is 5. The van der Waals surface area contributed by atoms with Gasteiger partial charge in [0, 0.05) is 13.2 Å². The second-order valence-corrected chi connectivity index (χ2v) is 4.37. The third-order valence-electron chi connectivity index (χ3n) is 3.14. The molecule has 18 heavy (non-hydrogen) atoms. The summed E-state index contributed by atoms with van der Waals surface area (Å²) in [7, 11) is 1.59. The van der Waals surface area contributed by atoms with E-state index in [1.54, 1.807) is 7.11 Å². The van der Waals surface area contributed by atoms with Gasteiger partial charge in [0.15, 0.2) is 0 Å². The number of ether oxygens (including phenoxy) is 2. The molecule has 0 amide bonds. The quantitative estimate of drug-likeness (QED) is 0.634. The van der Waals surface area contributed by atoms with Crippen LogP contribution in [0.15, 0.2) is 24.3 Å². The highest BCUT2D eigenvalue weighted by Crippen LogP contribution is 2.25. The summed E-state index contributed by atoms with van der Waals surface area (Å²) in [5.74, 6) is -0.179. The Labute approximate surface area is 107 Å². The summed E-state index contributed by atoms with van der Waals surface area (Å²) in [5, 5.41) is 3.36. The first-order valence-corrected chi connectivity index (χ1v) is 6.27. The smallest absolute Gasteiger partial charge is 0.307 e. The highest BCUT2D eigenvalue weighted by atomic mass is 16.6. The van der Waals surface area contributed by atoms with Crippen molar-refractivity contribution in [2.24, 2.45) is 0 Å². The first-order valence-electron chi connectivity index (χ1n) is 6.27. The monoisotopic (exact) mass is 249 g/mol. The molecule has 0 spiro atoms. The molecule has 1 aromatic carbocycles. The molecule has 1 N–H and O–H groups in total. The number of carbonyl (C=O) groups is 1. The van der Waals surface area contributed by atoms with E-state index < -0.39 is 0 Å². The predicted octanol–water partition coefficient (Wildman–Crippen LogP) is 1.45. The van der Waals surface area contributed by atoms with Crippen LogP contribution in [0.5, 0.6) is 0 Å². The van der Waals surface area contributed by atoms with Gasteiger partial charge in [0.25, 0.3) is 0 Å². The molecule has 1 aromatic rings. The number of methoxy groups -OCH3 is 1. The van der Waals surface area contributed by atoms with Crippen LogP contribution >= 0.6 is 0 Å². The molecule has 1 aliphatic heterocycles. The van der Waals surface area contributed by atoms with Crippen molar-refractivity contribution < 1.29 is 14.3 Å². The Morgan fingerprint density at radius 1 is 1.39 bits per heavy atom. The van der Waals surface area contributed by atoms with E-state index >= 15 is 0 Å². The molecule has 0 aliphatic carbocycles. The summed E-state index contributed by atoms with van der Waals surface area (Å²) < 4.78 is 9.94. The van der Waals surface area contributed by atoms with E-state index in [1.165, 1.54) is 11.1 Å². The maximum atomic E-state index is 11.7. The molecule has 4 nitrogen and oxygen atoms in total.